The summed E-state index contributed by atoms with van der Waals surface area (Å²) in [5.41, 5.74) is -1.66. The molecule has 2 aromatic carbocycles. The summed E-state index contributed by atoms with van der Waals surface area (Å²) in [5.74, 6) is 1.67. The number of fused-ring (bicyclic) bond motifs is 3. The quantitative estimate of drug-likeness (QED) is 0.153. The van der Waals surface area contributed by atoms with Crippen LogP contribution in [0, 0.1) is 29.4 Å². The SMILES string of the molecule is C#Cc1c(F)ccc2cc(OCOC)cc(-c3ncc4c(N5CCOCC6(CN(C(=O)OC(C)(C)C)C6)C5)nc(OC[C@@]56CCCN5C[C@H](F)C6)nc4c3F)c12. The molecule has 0 unspecified atom stereocenters. The van der Waals surface area contributed by atoms with Crippen LogP contribution in [0.15, 0.2) is 30.5 Å². The van der Waals surface area contributed by atoms with Gasteiger partial charge in [-0.2, -0.15) is 9.97 Å². The highest BCUT2D eigenvalue weighted by atomic mass is 19.1. The lowest BCUT2D eigenvalue weighted by atomic mass is 9.80. The molecule has 56 heavy (non-hydrogen) atoms. The van der Waals surface area contributed by atoms with Gasteiger partial charge in [0.25, 0.3) is 0 Å². The number of carbonyl (C=O) groups is 1. The highest BCUT2D eigenvalue weighted by molar-refractivity contribution is 6.03. The van der Waals surface area contributed by atoms with E-state index in [4.69, 9.17) is 35.1 Å². The lowest BCUT2D eigenvalue weighted by Crippen LogP contribution is -2.64. The number of benzene rings is 2. The molecule has 8 rings (SSSR count). The maximum absolute atomic E-state index is 17.3. The van der Waals surface area contributed by atoms with Crippen LogP contribution < -0.4 is 14.4 Å². The molecule has 6 heterocycles. The van der Waals surface area contributed by atoms with E-state index in [1.807, 2.05) is 25.7 Å². The van der Waals surface area contributed by atoms with E-state index >= 15 is 8.78 Å². The van der Waals surface area contributed by atoms with Crippen molar-refractivity contribution in [2.24, 2.45) is 5.41 Å². The summed E-state index contributed by atoms with van der Waals surface area (Å²) in [6, 6.07) is 5.93. The van der Waals surface area contributed by atoms with E-state index in [9.17, 15) is 9.18 Å². The molecular weight excluding hydrogens is 729 g/mol. The third-order valence-electron chi connectivity index (χ3n) is 11.1. The van der Waals surface area contributed by atoms with E-state index < -0.39 is 40.5 Å². The number of rotatable bonds is 8. The molecule has 2 atom stereocenters. The molecular formula is C41H45F3N6O6. The Morgan fingerprint density at radius 3 is 2.71 bits per heavy atom. The summed E-state index contributed by atoms with van der Waals surface area (Å²) in [4.78, 5) is 32.8. The summed E-state index contributed by atoms with van der Waals surface area (Å²) in [6.45, 7) is 8.99. The fourth-order valence-electron chi connectivity index (χ4n) is 8.70. The number of anilines is 1. The number of methoxy groups -OCH3 is 1. The molecule has 12 nitrogen and oxygen atoms in total. The predicted molar refractivity (Wildman–Crippen MR) is 202 cm³/mol. The molecule has 15 heteroatoms. The van der Waals surface area contributed by atoms with Crippen molar-refractivity contribution in [3.8, 4) is 35.4 Å². The van der Waals surface area contributed by atoms with Crippen molar-refractivity contribution in [3.63, 3.8) is 0 Å². The third kappa shape index (κ3) is 7.03. The van der Waals surface area contributed by atoms with E-state index in [1.165, 1.54) is 25.4 Å². The van der Waals surface area contributed by atoms with Crippen LogP contribution in [0.25, 0.3) is 32.9 Å². The zero-order chi connectivity index (χ0) is 39.4. The number of aromatic nitrogens is 3. The molecule has 4 aliphatic heterocycles. The highest BCUT2D eigenvalue weighted by Gasteiger charge is 2.50. The van der Waals surface area contributed by atoms with Gasteiger partial charge in [-0.3, -0.25) is 9.88 Å². The Balaban J connectivity index is 1.23. The van der Waals surface area contributed by atoms with Crippen LogP contribution in [-0.2, 0) is 14.2 Å². The first-order valence-electron chi connectivity index (χ1n) is 18.8. The first kappa shape index (κ1) is 38.0. The van der Waals surface area contributed by atoms with Crippen LogP contribution in [0.3, 0.4) is 0 Å². The number of alkyl halides is 1. The van der Waals surface area contributed by atoms with E-state index in [1.54, 1.807) is 17.0 Å². The molecule has 1 spiro atoms. The van der Waals surface area contributed by atoms with Crippen LogP contribution in [0.1, 0.15) is 45.6 Å². The zero-order valence-corrected chi connectivity index (χ0v) is 32.0. The van der Waals surface area contributed by atoms with Gasteiger partial charge in [0.2, 0.25) is 0 Å². The van der Waals surface area contributed by atoms with Gasteiger partial charge in [0.05, 0.1) is 29.7 Å². The Bertz CT molecular complexity index is 2220. The number of halogens is 3. The zero-order valence-electron chi connectivity index (χ0n) is 32.0. The Labute approximate surface area is 323 Å². The van der Waals surface area contributed by atoms with Crippen molar-refractivity contribution in [3.05, 3.63) is 47.7 Å². The van der Waals surface area contributed by atoms with Crippen LogP contribution in [-0.4, -0.2) is 121 Å². The van der Waals surface area contributed by atoms with Crippen LogP contribution in [0.5, 0.6) is 11.8 Å². The minimum absolute atomic E-state index is 0.0524. The Morgan fingerprint density at radius 2 is 1.95 bits per heavy atom. The summed E-state index contributed by atoms with van der Waals surface area (Å²) in [5, 5.41) is 1.10. The van der Waals surface area contributed by atoms with Gasteiger partial charge in [-0.05, 0) is 63.7 Å². The number of pyridine rings is 1. The largest absolute Gasteiger partial charge is 0.468 e. The van der Waals surface area contributed by atoms with Crippen molar-refractivity contribution >= 4 is 33.6 Å². The number of hydrogen-bond acceptors (Lipinski definition) is 11. The third-order valence-corrected chi connectivity index (χ3v) is 11.1. The molecule has 0 radical (unpaired) electrons. The number of terminal acetylenes is 1. The van der Waals surface area contributed by atoms with Crippen LogP contribution >= 0.6 is 0 Å². The maximum Gasteiger partial charge on any atom is 0.410 e. The van der Waals surface area contributed by atoms with Crippen molar-refractivity contribution in [2.45, 2.75) is 57.3 Å². The summed E-state index contributed by atoms with van der Waals surface area (Å²) < 4.78 is 76.1. The molecule has 0 saturated carbocycles. The van der Waals surface area contributed by atoms with Crippen molar-refractivity contribution in [2.75, 3.05) is 77.9 Å². The Morgan fingerprint density at radius 1 is 1.12 bits per heavy atom. The summed E-state index contributed by atoms with van der Waals surface area (Å²) in [7, 11) is 1.47. The average Bonchev–Trinajstić information content (AvgIpc) is 3.57. The van der Waals surface area contributed by atoms with Gasteiger partial charge in [-0.1, -0.05) is 12.0 Å². The lowest BCUT2D eigenvalue weighted by Gasteiger charge is -2.50. The summed E-state index contributed by atoms with van der Waals surface area (Å²) >= 11 is 0. The first-order valence-corrected chi connectivity index (χ1v) is 18.8. The number of likely N-dealkylation sites (tertiary alicyclic amines) is 1. The molecule has 2 aromatic heterocycles. The minimum Gasteiger partial charge on any atom is -0.468 e. The van der Waals surface area contributed by atoms with Gasteiger partial charge in [-0.15, -0.1) is 6.42 Å². The topological polar surface area (TPSA) is 112 Å². The molecule has 4 aliphatic rings. The van der Waals surface area contributed by atoms with Crippen molar-refractivity contribution < 1.29 is 41.7 Å². The molecule has 4 saturated heterocycles. The molecule has 0 bridgehead atoms. The fraction of sp³-hybridized carbons (Fsp3) is 0.512. The van der Waals surface area contributed by atoms with Crippen molar-refractivity contribution in [1.82, 2.24) is 24.8 Å². The highest BCUT2D eigenvalue weighted by Crippen LogP contribution is 2.43. The van der Waals surface area contributed by atoms with Gasteiger partial charge in [0.15, 0.2) is 12.6 Å². The van der Waals surface area contributed by atoms with Crippen LogP contribution in [0.2, 0.25) is 0 Å². The second kappa shape index (κ2) is 14.5. The smallest absolute Gasteiger partial charge is 0.410 e. The minimum atomic E-state index is -0.967. The maximum atomic E-state index is 17.3. The molecule has 0 N–H and O–H groups in total. The van der Waals surface area contributed by atoms with E-state index in [2.05, 4.69) is 20.8 Å². The molecule has 4 fully saturated rings. The van der Waals surface area contributed by atoms with Gasteiger partial charge in [0.1, 0.15) is 47.0 Å². The molecule has 4 aromatic rings. The van der Waals surface area contributed by atoms with Gasteiger partial charge >= 0.3 is 12.1 Å². The predicted octanol–water partition coefficient (Wildman–Crippen LogP) is 6.12. The Kier molecular flexibility index (Phi) is 9.87. The van der Waals surface area contributed by atoms with Crippen LogP contribution in [0.4, 0.5) is 23.8 Å². The van der Waals surface area contributed by atoms with Crippen molar-refractivity contribution in [1.29, 1.82) is 0 Å². The van der Waals surface area contributed by atoms with Gasteiger partial charge < -0.3 is 33.5 Å². The number of ether oxygens (including phenoxy) is 5. The average molecular weight is 775 g/mol. The standard InChI is InChI=1S/C41H45F3N6O6/c1-6-28-31(43)9-8-25-14-27(55-24-52-5)15-29(32(25)28)34-33(44)35-30(17-45-34)36(47-37(46-35)54-23-41-10-7-11-50(41)18-26(42)16-41)48-12-13-53-22-40(19-48)20-49(21-40)38(51)56-39(2,3)4/h1,8-9,14-15,17,26H,7,10-13,16,18-24H2,2-5H3/t26-,41+/m1/s1. The normalized spacial score (nSPS) is 22.2. The summed E-state index contributed by atoms with van der Waals surface area (Å²) in [6.07, 6.45) is 7.94. The fourth-order valence-corrected chi connectivity index (χ4v) is 8.70. The molecule has 296 valence electrons. The van der Waals surface area contributed by atoms with E-state index in [-0.39, 0.29) is 47.1 Å². The van der Waals surface area contributed by atoms with Gasteiger partial charge in [0, 0.05) is 68.8 Å². The molecule has 1 amide bonds. The lowest BCUT2D eigenvalue weighted by molar-refractivity contribution is -0.0595. The van der Waals surface area contributed by atoms with E-state index in [0.29, 0.717) is 74.7 Å². The van der Waals surface area contributed by atoms with Gasteiger partial charge in [-0.25, -0.2) is 18.0 Å². The number of hydrogen-bond donors (Lipinski definition) is 0. The second-order valence-electron chi connectivity index (χ2n) is 16.4. The Hall–Kier alpha value is -4.91. The van der Waals surface area contributed by atoms with E-state index in [0.717, 1.165) is 19.4 Å². The first-order chi connectivity index (χ1) is 26.8. The number of amides is 1. The second-order valence-corrected chi connectivity index (χ2v) is 16.4. The number of carbonyl (C=O) groups excluding carboxylic acids is 1. The monoisotopic (exact) mass is 774 g/mol. The number of nitrogens with zero attached hydrogens (tertiary/aromatic N) is 6. The molecule has 0 aliphatic carbocycles.